The summed E-state index contributed by atoms with van der Waals surface area (Å²) in [5.41, 5.74) is 0. The van der Waals surface area contributed by atoms with Crippen LogP contribution in [0.1, 0.15) is 19.8 Å². The minimum atomic E-state index is -4.67. The van der Waals surface area contributed by atoms with Gasteiger partial charge in [-0.2, -0.15) is 8.42 Å². The zero-order valence-corrected chi connectivity index (χ0v) is 8.70. The van der Waals surface area contributed by atoms with Gasteiger partial charge < -0.3 is 10.2 Å². The summed E-state index contributed by atoms with van der Waals surface area (Å²) in [6.45, 7) is 3.17. The normalized spacial score (nSPS) is 27.7. The Kier molecular flexibility index (Phi) is 6.16. The molecule has 2 atom stereocenters. The van der Waals surface area contributed by atoms with E-state index in [-0.39, 0.29) is 6.10 Å². The number of piperidine rings is 1. The number of rotatable bonds is 1. The minimum Gasteiger partial charge on any atom is -0.314 e. The van der Waals surface area contributed by atoms with Gasteiger partial charge in [0.05, 0.1) is 6.10 Å². The third-order valence-electron chi connectivity index (χ3n) is 1.77. The predicted molar refractivity (Wildman–Crippen MR) is 49.9 cm³/mol. The van der Waals surface area contributed by atoms with Crippen molar-refractivity contribution in [3.05, 3.63) is 0 Å². The Morgan fingerprint density at radius 3 is 2.29 bits per heavy atom. The summed E-state index contributed by atoms with van der Waals surface area (Å²) >= 11 is 0. The molecule has 1 heterocycles. The molecule has 0 radical (unpaired) electrons. The van der Waals surface area contributed by atoms with E-state index in [4.69, 9.17) is 28.3 Å². The zero-order chi connectivity index (χ0) is 11.2. The van der Waals surface area contributed by atoms with Crippen LogP contribution in [-0.4, -0.2) is 36.2 Å². The van der Waals surface area contributed by atoms with E-state index in [2.05, 4.69) is 12.2 Å². The summed E-state index contributed by atoms with van der Waals surface area (Å²) in [5.74, 6) is 5.04. The quantitative estimate of drug-likeness (QED) is 0.348. The van der Waals surface area contributed by atoms with E-state index >= 15 is 0 Å². The van der Waals surface area contributed by atoms with Crippen molar-refractivity contribution in [1.82, 2.24) is 5.32 Å². The van der Waals surface area contributed by atoms with Crippen molar-refractivity contribution in [3.8, 4) is 0 Å². The molecule has 14 heavy (non-hydrogen) atoms. The van der Waals surface area contributed by atoms with Gasteiger partial charge in [0.1, 0.15) is 0 Å². The van der Waals surface area contributed by atoms with Gasteiger partial charge in [-0.3, -0.25) is 9.11 Å². The molecular formula is C6H16N2O5S. The van der Waals surface area contributed by atoms with Crippen LogP contribution in [0.3, 0.4) is 0 Å². The summed E-state index contributed by atoms with van der Waals surface area (Å²) in [5, 5.41) is 3.31. The molecule has 86 valence electrons. The number of nitrogens with one attached hydrogen (secondary N) is 1. The van der Waals surface area contributed by atoms with Crippen molar-refractivity contribution in [2.45, 2.75) is 31.9 Å². The lowest BCUT2D eigenvalue weighted by Gasteiger charge is -2.25. The fourth-order valence-corrected chi connectivity index (χ4v) is 1.21. The second-order valence-corrected chi connectivity index (χ2v) is 3.98. The molecule has 0 bridgehead atoms. The number of hydrogen-bond donors (Lipinski definition) is 4. The van der Waals surface area contributed by atoms with Crippen molar-refractivity contribution >= 4 is 10.4 Å². The minimum absolute atomic E-state index is 0.279. The Balaban J connectivity index is 0.000000292. The first-order valence-corrected chi connectivity index (χ1v) is 5.51. The van der Waals surface area contributed by atoms with E-state index in [1.807, 2.05) is 0 Å². The largest absolute Gasteiger partial charge is 0.394 e. The van der Waals surface area contributed by atoms with E-state index in [0.29, 0.717) is 6.04 Å². The smallest absolute Gasteiger partial charge is 0.314 e. The van der Waals surface area contributed by atoms with Gasteiger partial charge >= 0.3 is 10.4 Å². The summed E-state index contributed by atoms with van der Waals surface area (Å²) in [4.78, 5) is 4.72. The maximum Gasteiger partial charge on any atom is 0.394 e. The van der Waals surface area contributed by atoms with Crippen LogP contribution in [0.25, 0.3) is 0 Å². The lowest BCUT2D eigenvalue weighted by molar-refractivity contribution is 0.0233. The predicted octanol–water partition coefficient (Wildman–Crippen LogP) is -0.636. The molecule has 0 unspecified atom stereocenters. The molecular weight excluding hydrogens is 212 g/mol. The van der Waals surface area contributed by atoms with Crippen molar-refractivity contribution in [1.29, 1.82) is 0 Å². The van der Waals surface area contributed by atoms with Gasteiger partial charge in [-0.05, 0) is 26.3 Å². The Labute approximate surface area is 83.2 Å². The molecule has 1 fully saturated rings. The first-order valence-electron chi connectivity index (χ1n) is 4.11. The summed E-state index contributed by atoms with van der Waals surface area (Å²) in [6.07, 6.45) is 2.36. The van der Waals surface area contributed by atoms with E-state index in [1.54, 1.807) is 0 Å². The maximum absolute atomic E-state index is 8.74. The first kappa shape index (κ1) is 13.8. The molecule has 0 aliphatic carbocycles. The second kappa shape index (κ2) is 6.27. The highest BCUT2D eigenvalue weighted by Gasteiger charge is 2.17. The van der Waals surface area contributed by atoms with Crippen molar-refractivity contribution in [2.75, 3.05) is 6.54 Å². The van der Waals surface area contributed by atoms with Crippen molar-refractivity contribution in [3.63, 3.8) is 0 Å². The highest BCUT2D eigenvalue weighted by Crippen LogP contribution is 2.09. The van der Waals surface area contributed by atoms with Gasteiger partial charge in [0.2, 0.25) is 0 Å². The maximum atomic E-state index is 8.74. The monoisotopic (exact) mass is 228 g/mol. The lowest BCUT2D eigenvalue weighted by atomic mass is 10.0. The van der Waals surface area contributed by atoms with Gasteiger partial charge in [0, 0.05) is 6.04 Å². The van der Waals surface area contributed by atoms with Gasteiger partial charge in [0.25, 0.3) is 0 Å². The lowest BCUT2D eigenvalue weighted by Crippen LogP contribution is -2.40. The molecule has 1 aliphatic rings. The molecule has 0 aromatic heterocycles. The van der Waals surface area contributed by atoms with Crippen LogP contribution < -0.4 is 11.2 Å². The Bertz CT molecular complexity index is 235. The van der Waals surface area contributed by atoms with Crippen molar-refractivity contribution in [2.24, 2.45) is 5.90 Å². The van der Waals surface area contributed by atoms with Crippen LogP contribution in [0.2, 0.25) is 0 Å². The second-order valence-electron chi connectivity index (χ2n) is 3.09. The molecule has 0 amide bonds. The van der Waals surface area contributed by atoms with Gasteiger partial charge in [-0.25, -0.2) is 5.90 Å². The third-order valence-corrected chi connectivity index (χ3v) is 1.77. The summed E-state index contributed by atoms with van der Waals surface area (Å²) < 4.78 is 31.6. The molecule has 0 spiro atoms. The van der Waals surface area contributed by atoms with Crippen LogP contribution in [0.5, 0.6) is 0 Å². The third kappa shape index (κ3) is 9.84. The molecule has 0 aromatic rings. The van der Waals surface area contributed by atoms with Crippen molar-refractivity contribution < 1.29 is 22.4 Å². The number of nitrogens with two attached hydrogens (primary N) is 1. The fourth-order valence-electron chi connectivity index (χ4n) is 1.21. The van der Waals surface area contributed by atoms with E-state index in [9.17, 15) is 0 Å². The molecule has 0 saturated carbocycles. The average Bonchev–Trinajstić information content (AvgIpc) is 2.01. The average molecular weight is 228 g/mol. The van der Waals surface area contributed by atoms with Crippen LogP contribution in [-0.2, 0) is 15.2 Å². The first-order chi connectivity index (χ1) is 6.33. The molecule has 7 nitrogen and oxygen atoms in total. The zero-order valence-electron chi connectivity index (χ0n) is 7.88. The highest BCUT2D eigenvalue weighted by molar-refractivity contribution is 7.79. The summed E-state index contributed by atoms with van der Waals surface area (Å²) in [6, 6.07) is 0.562. The number of hydrogen-bond acceptors (Lipinski definition) is 5. The Hall–Kier alpha value is -0.250. The standard InChI is InChI=1S/C6H14N2O.H2O4S/c1-5-4-6(9-7)2-3-8-5;1-5(2,3)4/h5-6,8H,2-4,7H2,1H3;(H2,1,2,3,4)/t5-,6+;/m1./s1. The Morgan fingerprint density at radius 2 is 2.00 bits per heavy atom. The van der Waals surface area contributed by atoms with E-state index in [1.165, 1.54) is 0 Å². The SMILES string of the molecule is C[C@@H]1C[C@@H](ON)CCN1.O=S(=O)(O)O. The van der Waals surface area contributed by atoms with Gasteiger partial charge in [0.15, 0.2) is 0 Å². The molecule has 1 aliphatic heterocycles. The molecule has 1 saturated heterocycles. The van der Waals surface area contributed by atoms with Crippen LogP contribution >= 0.6 is 0 Å². The van der Waals surface area contributed by atoms with Crippen LogP contribution in [0.15, 0.2) is 0 Å². The van der Waals surface area contributed by atoms with Crippen LogP contribution in [0.4, 0.5) is 0 Å². The van der Waals surface area contributed by atoms with Gasteiger partial charge in [-0.1, -0.05) is 0 Å². The van der Waals surface area contributed by atoms with E-state index < -0.39 is 10.4 Å². The fraction of sp³-hybridized carbons (Fsp3) is 1.00. The van der Waals surface area contributed by atoms with Gasteiger partial charge in [-0.15, -0.1) is 0 Å². The molecule has 0 aromatic carbocycles. The van der Waals surface area contributed by atoms with E-state index in [0.717, 1.165) is 19.4 Å². The Morgan fingerprint density at radius 1 is 1.50 bits per heavy atom. The van der Waals surface area contributed by atoms with Crippen LogP contribution in [0, 0.1) is 0 Å². The molecule has 8 heteroatoms. The highest BCUT2D eigenvalue weighted by atomic mass is 32.3. The molecule has 1 rings (SSSR count). The topological polar surface area (TPSA) is 122 Å². The summed E-state index contributed by atoms with van der Waals surface area (Å²) in [7, 11) is -4.67. The molecule has 5 N–H and O–H groups in total.